The van der Waals surface area contributed by atoms with Gasteiger partial charge in [-0.3, -0.25) is 0 Å². The smallest absolute Gasteiger partial charge is 0.0945 e. The van der Waals surface area contributed by atoms with Crippen molar-refractivity contribution in [2.45, 2.75) is 39.8 Å². The van der Waals surface area contributed by atoms with Gasteiger partial charge in [0.2, 0.25) is 0 Å². The molecular formula is C11H21N3. The minimum atomic E-state index is 0.602. The van der Waals surface area contributed by atoms with Crippen LogP contribution in [-0.4, -0.2) is 15.6 Å². The maximum atomic E-state index is 4.09. The van der Waals surface area contributed by atoms with Crippen molar-refractivity contribution < 1.29 is 0 Å². The van der Waals surface area contributed by atoms with Crippen molar-refractivity contribution in [2.75, 3.05) is 0 Å². The van der Waals surface area contributed by atoms with E-state index in [1.165, 1.54) is 12.1 Å². The van der Waals surface area contributed by atoms with Crippen molar-refractivity contribution in [1.29, 1.82) is 0 Å². The standard InChI is InChI=1S/C11H21N3/c1-5-11(9(2)3)13-7-10-6-12-8-14(10)4/h6,8-9,11,13H,5,7H2,1-4H3. The number of rotatable bonds is 5. The Morgan fingerprint density at radius 2 is 2.21 bits per heavy atom. The van der Waals surface area contributed by atoms with Crippen molar-refractivity contribution in [3.8, 4) is 0 Å². The van der Waals surface area contributed by atoms with Crippen LogP contribution in [0.15, 0.2) is 12.5 Å². The second-order valence-electron chi connectivity index (χ2n) is 4.14. The van der Waals surface area contributed by atoms with Crippen molar-refractivity contribution in [3.05, 3.63) is 18.2 Å². The molecule has 1 aromatic heterocycles. The Bertz CT molecular complexity index is 265. The highest BCUT2D eigenvalue weighted by Gasteiger charge is 2.10. The van der Waals surface area contributed by atoms with Crippen LogP contribution in [0.4, 0.5) is 0 Å². The molecule has 0 amide bonds. The fourth-order valence-electron chi connectivity index (χ4n) is 1.64. The molecule has 1 heterocycles. The molecule has 1 aromatic rings. The minimum Gasteiger partial charge on any atom is -0.337 e. The lowest BCUT2D eigenvalue weighted by Crippen LogP contribution is -2.33. The van der Waals surface area contributed by atoms with E-state index in [9.17, 15) is 0 Å². The summed E-state index contributed by atoms with van der Waals surface area (Å²) in [6, 6.07) is 0.602. The molecule has 1 rings (SSSR count). The Kier molecular flexibility index (Phi) is 4.14. The third-order valence-electron chi connectivity index (χ3n) is 2.71. The van der Waals surface area contributed by atoms with Crippen LogP contribution in [0.3, 0.4) is 0 Å². The van der Waals surface area contributed by atoms with Crippen LogP contribution in [-0.2, 0) is 13.6 Å². The second kappa shape index (κ2) is 5.15. The zero-order valence-electron chi connectivity index (χ0n) is 9.62. The van der Waals surface area contributed by atoms with Gasteiger partial charge in [-0.15, -0.1) is 0 Å². The molecule has 3 heteroatoms. The number of hydrogen-bond acceptors (Lipinski definition) is 2. The zero-order chi connectivity index (χ0) is 10.6. The molecule has 0 bridgehead atoms. The van der Waals surface area contributed by atoms with E-state index >= 15 is 0 Å². The quantitative estimate of drug-likeness (QED) is 0.778. The number of hydrogen-bond donors (Lipinski definition) is 1. The summed E-state index contributed by atoms with van der Waals surface area (Å²) in [6.07, 6.45) is 4.93. The summed E-state index contributed by atoms with van der Waals surface area (Å²) in [7, 11) is 2.03. The van der Waals surface area contributed by atoms with Gasteiger partial charge in [0, 0.05) is 25.8 Å². The highest BCUT2D eigenvalue weighted by Crippen LogP contribution is 2.06. The lowest BCUT2D eigenvalue weighted by Gasteiger charge is -2.20. The highest BCUT2D eigenvalue weighted by atomic mass is 15.0. The molecule has 0 saturated carbocycles. The van der Waals surface area contributed by atoms with Gasteiger partial charge in [-0.25, -0.2) is 4.98 Å². The molecule has 14 heavy (non-hydrogen) atoms. The first-order valence-electron chi connectivity index (χ1n) is 5.33. The Morgan fingerprint density at radius 3 is 2.64 bits per heavy atom. The van der Waals surface area contributed by atoms with Gasteiger partial charge in [0.05, 0.1) is 12.0 Å². The van der Waals surface area contributed by atoms with Gasteiger partial charge < -0.3 is 9.88 Å². The van der Waals surface area contributed by atoms with Crippen LogP contribution in [0.25, 0.3) is 0 Å². The van der Waals surface area contributed by atoms with Gasteiger partial charge >= 0.3 is 0 Å². The average Bonchev–Trinajstić information content (AvgIpc) is 2.52. The maximum absolute atomic E-state index is 4.09. The van der Waals surface area contributed by atoms with Crippen molar-refractivity contribution in [2.24, 2.45) is 13.0 Å². The Labute approximate surface area is 86.5 Å². The Hall–Kier alpha value is -0.830. The summed E-state index contributed by atoms with van der Waals surface area (Å²) >= 11 is 0. The molecule has 3 nitrogen and oxygen atoms in total. The fraction of sp³-hybridized carbons (Fsp3) is 0.727. The monoisotopic (exact) mass is 195 g/mol. The van der Waals surface area contributed by atoms with Crippen LogP contribution < -0.4 is 5.32 Å². The summed E-state index contributed by atoms with van der Waals surface area (Å²) in [5.74, 6) is 0.688. The van der Waals surface area contributed by atoms with Gasteiger partial charge in [0.1, 0.15) is 0 Å². The third-order valence-corrected chi connectivity index (χ3v) is 2.71. The number of imidazole rings is 1. The maximum Gasteiger partial charge on any atom is 0.0945 e. The molecule has 0 aliphatic carbocycles. The molecule has 1 unspecified atom stereocenters. The summed E-state index contributed by atoms with van der Waals surface area (Å²) < 4.78 is 2.06. The summed E-state index contributed by atoms with van der Waals surface area (Å²) in [5.41, 5.74) is 1.24. The second-order valence-corrected chi connectivity index (χ2v) is 4.14. The Morgan fingerprint density at radius 1 is 1.50 bits per heavy atom. The average molecular weight is 195 g/mol. The first-order chi connectivity index (χ1) is 6.65. The molecule has 1 N–H and O–H groups in total. The van der Waals surface area contributed by atoms with Gasteiger partial charge in [0.25, 0.3) is 0 Å². The van der Waals surface area contributed by atoms with Crippen LogP contribution in [0.2, 0.25) is 0 Å². The van der Waals surface area contributed by atoms with Crippen LogP contribution in [0, 0.1) is 5.92 Å². The first-order valence-corrected chi connectivity index (χ1v) is 5.33. The van der Waals surface area contributed by atoms with E-state index in [1.807, 2.05) is 19.6 Å². The van der Waals surface area contributed by atoms with Gasteiger partial charge in [0.15, 0.2) is 0 Å². The molecule has 0 fully saturated rings. The van der Waals surface area contributed by atoms with E-state index in [-0.39, 0.29) is 0 Å². The van der Waals surface area contributed by atoms with Gasteiger partial charge in [-0.05, 0) is 12.3 Å². The lowest BCUT2D eigenvalue weighted by atomic mass is 10.0. The molecule has 0 spiro atoms. The number of nitrogens with one attached hydrogen (secondary N) is 1. The normalized spacial score (nSPS) is 13.5. The lowest BCUT2D eigenvalue weighted by molar-refractivity contribution is 0.384. The molecule has 0 aliphatic rings. The van der Waals surface area contributed by atoms with E-state index in [4.69, 9.17) is 0 Å². The molecule has 0 radical (unpaired) electrons. The topological polar surface area (TPSA) is 29.9 Å². The molecule has 0 saturated heterocycles. The largest absolute Gasteiger partial charge is 0.337 e. The van der Waals surface area contributed by atoms with Crippen LogP contribution in [0.1, 0.15) is 32.9 Å². The summed E-state index contributed by atoms with van der Waals surface area (Å²) in [4.78, 5) is 4.09. The zero-order valence-corrected chi connectivity index (χ0v) is 9.62. The highest BCUT2D eigenvalue weighted by molar-refractivity contribution is 4.97. The fourth-order valence-corrected chi connectivity index (χ4v) is 1.64. The van der Waals surface area contributed by atoms with E-state index in [0.717, 1.165) is 6.54 Å². The molecular weight excluding hydrogens is 174 g/mol. The predicted molar refractivity (Wildman–Crippen MR) is 59.0 cm³/mol. The number of aryl methyl sites for hydroxylation is 1. The molecule has 0 aliphatic heterocycles. The van der Waals surface area contributed by atoms with Gasteiger partial charge in [-0.2, -0.15) is 0 Å². The molecule has 1 atom stereocenters. The van der Waals surface area contributed by atoms with E-state index in [2.05, 4.69) is 35.6 Å². The first kappa shape index (κ1) is 11.2. The van der Waals surface area contributed by atoms with Crippen molar-refractivity contribution >= 4 is 0 Å². The van der Waals surface area contributed by atoms with E-state index in [1.54, 1.807) is 0 Å². The summed E-state index contributed by atoms with van der Waals surface area (Å²) in [6.45, 7) is 7.64. The van der Waals surface area contributed by atoms with E-state index in [0.29, 0.717) is 12.0 Å². The minimum absolute atomic E-state index is 0.602. The van der Waals surface area contributed by atoms with Crippen LogP contribution >= 0.6 is 0 Å². The number of aromatic nitrogens is 2. The Balaban J connectivity index is 2.43. The molecule has 0 aromatic carbocycles. The van der Waals surface area contributed by atoms with E-state index < -0.39 is 0 Å². The SMILES string of the molecule is CCC(NCc1cncn1C)C(C)C. The third kappa shape index (κ3) is 2.84. The predicted octanol–water partition coefficient (Wildman–Crippen LogP) is 1.94. The van der Waals surface area contributed by atoms with Crippen molar-refractivity contribution in [3.63, 3.8) is 0 Å². The van der Waals surface area contributed by atoms with Crippen molar-refractivity contribution in [1.82, 2.24) is 14.9 Å². The van der Waals surface area contributed by atoms with Crippen LogP contribution in [0.5, 0.6) is 0 Å². The van der Waals surface area contributed by atoms with Gasteiger partial charge in [-0.1, -0.05) is 20.8 Å². The molecule has 80 valence electrons. The number of nitrogens with zero attached hydrogens (tertiary/aromatic N) is 2. The summed E-state index contributed by atoms with van der Waals surface area (Å²) in [5, 5.41) is 3.55.